The summed E-state index contributed by atoms with van der Waals surface area (Å²) >= 11 is 0. The molecule has 1 amide bonds. The van der Waals surface area contributed by atoms with Crippen molar-refractivity contribution < 1.29 is 14.3 Å². The molecule has 1 atom stereocenters. The highest BCUT2D eigenvalue weighted by molar-refractivity contribution is 5.68. The van der Waals surface area contributed by atoms with Gasteiger partial charge < -0.3 is 14.4 Å². The molecule has 1 saturated heterocycles. The lowest BCUT2D eigenvalue weighted by Crippen LogP contribution is -2.48. The molecule has 0 aliphatic carbocycles. The highest BCUT2D eigenvalue weighted by atomic mass is 16.6. The van der Waals surface area contributed by atoms with Crippen LogP contribution in [0.2, 0.25) is 0 Å². The smallest absolute Gasteiger partial charge is 0.410 e. The molecule has 4 nitrogen and oxygen atoms in total. The van der Waals surface area contributed by atoms with E-state index in [0.29, 0.717) is 6.61 Å². The number of likely N-dealkylation sites (tertiary alicyclic amines) is 1. The number of amides is 1. The highest BCUT2D eigenvalue weighted by Crippen LogP contribution is 2.20. The normalized spacial score (nSPS) is 22.0. The molecule has 4 heteroatoms. The number of piperidine rings is 1. The van der Waals surface area contributed by atoms with E-state index in [1.807, 2.05) is 20.8 Å². The molecule has 94 valence electrons. The van der Waals surface area contributed by atoms with Crippen molar-refractivity contribution in [2.45, 2.75) is 51.7 Å². The van der Waals surface area contributed by atoms with E-state index >= 15 is 0 Å². The van der Waals surface area contributed by atoms with Crippen molar-refractivity contribution in [2.75, 3.05) is 20.3 Å². The van der Waals surface area contributed by atoms with E-state index in [0.717, 1.165) is 25.8 Å². The van der Waals surface area contributed by atoms with Crippen molar-refractivity contribution in [1.82, 2.24) is 4.90 Å². The van der Waals surface area contributed by atoms with Gasteiger partial charge in [0.05, 0.1) is 12.6 Å². The first kappa shape index (κ1) is 13.3. The van der Waals surface area contributed by atoms with E-state index in [1.165, 1.54) is 0 Å². The maximum atomic E-state index is 11.9. The summed E-state index contributed by atoms with van der Waals surface area (Å²) in [5, 5.41) is 0. The summed E-state index contributed by atoms with van der Waals surface area (Å²) in [4.78, 5) is 13.8. The Kier molecular flexibility index (Phi) is 4.59. The van der Waals surface area contributed by atoms with Crippen LogP contribution in [0.3, 0.4) is 0 Å². The van der Waals surface area contributed by atoms with Crippen LogP contribution in [-0.2, 0) is 9.47 Å². The van der Waals surface area contributed by atoms with E-state index in [-0.39, 0.29) is 12.1 Å². The first-order valence-electron chi connectivity index (χ1n) is 5.92. The maximum absolute atomic E-state index is 11.9. The SMILES string of the molecule is COC[C@H]1CCCCN1C(=O)OC(C)(C)C. The lowest BCUT2D eigenvalue weighted by atomic mass is 10.0. The number of hydrogen-bond donors (Lipinski definition) is 0. The quantitative estimate of drug-likeness (QED) is 0.730. The number of carbonyl (C=O) groups excluding carboxylic acids is 1. The predicted octanol–water partition coefficient (Wildman–Crippen LogP) is 2.42. The molecule has 1 fully saturated rings. The van der Waals surface area contributed by atoms with Gasteiger partial charge in [-0.2, -0.15) is 0 Å². The van der Waals surface area contributed by atoms with Crippen LogP contribution >= 0.6 is 0 Å². The van der Waals surface area contributed by atoms with Crippen LogP contribution in [0.15, 0.2) is 0 Å². The van der Waals surface area contributed by atoms with Crippen LogP contribution in [-0.4, -0.2) is 42.9 Å². The van der Waals surface area contributed by atoms with Gasteiger partial charge in [0, 0.05) is 13.7 Å². The van der Waals surface area contributed by atoms with Gasteiger partial charge in [0.25, 0.3) is 0 Å². The fraction of sp³-hybridized carbons (Fsp3) is 0.917. The molecule has 1 aliphatic heterocycles. The summed E-state index contributed by atoms with van der Waals surface area (Å²) in [5.74, 6) is 0. The molecule has 0 aromatic rings. The van der Waals surface area contributed by atoms with Gasteiger partial charge in [0.15, 0.2) is 0 Å². The van der Waals surface area contributed by atoms with Gasteiger partial charge in [-0.1, -0.05) is 0 Å². The fourth-order valence-electron chi connectivity index (χ4n) is 1.93. The van der Waals surface area contributed by atoms with Crippen molar-refractivity contribution in [2.24, 2.45) is 0 Å². The van der Waals surface area contributed by atoms with Crippen molar-refractivity contribution >= 4 is 6.09 Å². The predicted molar refractivity (Wildman–Crippen MR) is 62.5 cm³/mol. The van der Waals surface area contributed by atoms with Gasteiger partial charge in [-0.15, -0.1) is 0 Å². The van der Waals surface area contributed by atoms with E-state index in [4.69, 9.17) is 9.47 Å². The average Bonchev–Trinajstić information content (AvgIpc) is 2.16. The Hall–Kier alpha value is -0.770. The Morgan fingerprint density at radius 1 is 1.38 bits per heavy atom. The molecule has 0 saturated carbocycles. The average molecular weight is 229 g/mol. The van der Waals surface area contributed by atoms with Crippen LogP contribution < -0.4 is 0 Å². The maximum Gasteiger partial charge on any atom is 0.410 e. The minimum Gasteiger partial charge on any atom is -0.444 e. The fourth-order valence-corrected chi connectivity index (χ4v) is 1.93. The third-order valence-electron chi connectivity index (χ3n) is 2.61. The van der Waals surface area contributed by atoms with Gasteiger partial charge in [-0.3, -0.25) is 0 Å². The minimum atomic E-state index is -0.424. The van der Waals surface area contributed by atoms with E-state index < -0.39 is 5.60 Å². The van der Waals surface area contributed by atoms with Gasteiger partial charge in [0.1, 0.15) is 5.60 Å². The summed E-state index contributed by atoms with van der Waals surface area (Å²) in [6.07, 6.45) is 3.01. The Bertz CT molecular complexity index is 233. The molecule has 16 heavy (non-hydrogen) atoms. The van der Waals surface area contributed by atoms with E-state index in [1.54, 1.807) is 12.0 Å². The zero-order valence-corrected chi connectivity index (χ0v) is 10.8. The largest absolute Gasteiger partial charge is 0.444 e. The van der Waals surface area contributed by atoms with E-state index in [9.17, 15) is 4.79 Å². The van der Waals surface area contributed by atoms with Crippen LogP contribution in [0.4, 0.5) is 4.79 Å². The molecule has 0 aromatic heterocycles. The molecule has 0 spiro atoms. The number of ether oxygens (including phenoxy) is 2. The Morgan fingerprint density at radius 3 is 2.62 bits per heavy atom. The number of rotatable bonds is 2. The number of methoxy groups -OCH3 is 1. The molecule has 1 heterocycles. The third kappa shape index (κ3) is 4.00. The summed E-state index contributed by atoms with van der Waals surface area (Å²) in [6, 6.07) is 0.175. The lowest BCUT2D eigenvalue weighted by Gasteiger charge is -2.36. The van der Waals surface area contributed by atoms with Crippen molar-refractivity contribution in [3.63, 3.8) is 0 Å². The highest BCUT2D eigenvalue weighted by Gasteiger charge is 2.30. The standard InChI is InChI=1S/C12H23NO3/c1-12(2,3)16-11(14)13-8-6-5-7-10(13)9-15-4/h10H,5-9H2,1-4H3/t10-/m1/s1. The number of hydrogen-bond acceptors (Lipinski definition) is 3. The second-order valence-electron chi connectivity index (χ2n) is 5.28. The first-order valence-corrected chi connectivity index (χ1v) is 5.92. The summed E-state index contributed by atoms with van der Waals surface area (Å²) in [7, 11) is 1.67. The van der Waals surface area contributed by atoms with Crippen LogP contribution in [0.25, 0.3) is 0 Å². The van der Waals surface area contributed by atoms with Crippen molar-refractivity contribution in [3.05, 3.63) is 0 Å². The molecular weight excluding hydrogens is 206 g/mol. The molecule has 0 radical (unpaired) electrons. The Balaban J connectivity index is 2.57. The summed E-state index contributed by atoms with van der Waals surface area (Å²) in [5.41, 5.74) is -0.424. The lowest BCUT2D eigenvalue weighted by molar-refractivity contribution is -0.00224. The van der Waals surface area contributed by atoms with Crippen LogP contribution in [0.5, 0.6) is 0 Å². The first-order chi connectivity index (χ1) is 7.44. The van der Waals surface area contributed by atoms with Gasteiger partial charge >= 0.3 is 6.09 Å². The zero-order valence-electron chi connectivity index (χ0n) is 10.8. The van der Waals surface area contributed by atoms with Gasteiger partial charge in [-0.25, -0.2) is 4.79 Å². The van der Waals surface area contributed by atoms with E-state index in [2.05, 4.69) is 0 Å². The Labute approximate surface area is 97.9 Å². The van der Waals surface area contributed by atoms with Gasteiger partial charge in [0.2, 0.25) is 0 Å². The number of nitrogens with zero attached hydrogens (tertiary/aromatic N) is 1. The molecule has 0 bridgehead atoms. The zero-order chi connectivity index (χ0) is 12.2. The molecule has 0 aromatic carbocycles. The molecule has 1 rings (SSSR count). The van der Waals surface area contributed by atoms with Crippen molar-refractivity contribution in [1.29, 1.82) is 0 Å². The second kappa shape index (κ2) is 5.53. The van der Waals surface area contributed by atoms with Crippen molar-refractivity contribution in [3.8, 4) is 0 Å². The topological polar surface area (TPSA) is 38.8 Å². The van der Waals surface area contributed by atoms with Crippen LogP contribution in [0, 0.1) is 0 Å². The molecular formula is C12H23NO3. The summed E-state index contributed by atoms with van der Waals surface area (Å²) in [6.45, 7) is 7.04. The third-order valence-corrected chi connectivity index (χ3v) is 2.61. The van der Waals surface area contributed by atoms with Crippen LogP contribution in [0.1, 0.15) is 40.0 Å². The number of carbonyl (C=O) groups is 1. The monoisotopic (exact) mass is 229 g/mol. The minimum absolute atomic E-state index is 0.175. The Morgan fingerprint density at radius 2 is 2.06 bits per heavy atom. The second-order valence-corrected chi connectivity index (χ2v) is 5.28. The molecule has 0 unspecified atom stereocenters. The molecule has 0 N–H and O–H groups in total. The molecule has 1 aliphatic rings. The summed E-state index contributed by atoms with van der Waals surface area (Å²) < 4.78 is 10.5. The van der Waals surface area contributed by atoms with Gasteiger partial charge in [-0.05, 0) is 40.0 Å².